The van der Waals surface area contributed by atoms with Gasteiger partial charge in [0.25, 0.3) is 0 Å². The Morgan fingerprint density at radius 3 is 2.27 bits per heavy atom. The van der Waals surface area contributed by atoms with Gasteiger partial charge in [-0.1, -0.05) is 13.0 Å². The van der Waals surface area contributed by atoms with E-state index in [9.17, 15) is 9.59 Å². The number of unbranched alkanes of at least 4 members (excludes halogenated alkanes) is 1. The third-order valence-electron chi connectivity index (χ3n) is 4.86. The van der Waals surface area contributed by atoms with Crippen LogP contribution >= 0.6 is 0 Å². The number of carboxylic acid groups (broad SMARTS) is 2. The van der Waals surface area contributed by atoms with E-state index in [4.69, 9.17) is 20.9 Å². The molecule has 0 fully saturated rings. The quantitative estimate of drug-likeness (QED) is 0.309. The molecule has 0 unspecified atom stereocenters. The Labute approximate surface area is 179 Å². The number of nitrogens with two attached hydrogens (primary N) is 1. The van der Waals surface area contributed by atoms with Gasteiger partial charge in [0.1, 0.15) is 0 Å². The number of hydrogen-bond donors (Lipinski definition) is 3. The van der Waals surface area contributed by atoms with Crippen LogP contribution in [0.5, 0.6) is 0 Å². The molecule has 0 aromatic carbocycles. The van der Waals surface area contributed by atoms with Gasteiger partial charge in [0.05, 0.1) is 18.8 Å². The second kappa shape index (κ2) is 14.8. The topological polar surface area (TPSA) is 123 Å². The summed E-state index contributed by atoms with van der Waals surface area (Å²) < 4.78 is 0. The molecule has 1 rings (SSSR count). The molecule has 0 aliphatic heterocycles. The van der Waals surface area contributed by atoms with Gasteiger partial charge in [-0.3, -0.25) is 29.3 Å². The van der Waals surface area contributed by atoms with Crippen molar-refractivity contribution in [2.24, 2.45) is 5.73 Å². The Balaban J connectivity index is 2.47. The van der Waals surface area contributed by atoms with Crippen molar-refractivity contribution >= 4 is 11.9 Å². The fraction of sp³-hybridized carbons (Fsp3) is 0.667. The van der Waals surface area contributed by atoms with E-state index in [0.717, 1.165) is 56.8 Å². The highest BCUT2D eigenvalue weighted by atomic mass is 16.4. The number of pyridine rings is 1. The Hall–Kier alpha value is -2.07. The maximum absolute atomic E-state index is 11.0. The van der Waals surface area contributed by atoms with Crippen LogP contribution in [0.4, 0.5) is 0 Å². The largest absolute Gasteiger partial charge is 0.480 e. The van der Waals surface area contributed by atoms with E-state index in [-0.39, 0.29) is 13.1 Å². The zero-order valence-corrected chi connectivity index (χ0v) is 18.3. The summed E-state index contributed by atoms with van der Waals surface area (Å²) in [6.07, 6.45) is 2.75. The Morgan fingerprint density at radius 1 is 0.967 bits per heavy atom. The molecule has 1 aromatic heterocycles. The highest BCUT2D eigenvalue weighted by molar-refractivity contribution is 5.69. The van der Waals surface area contributed by atoms with Gasteiger partial charge >= 0.3 is 11.9 Å². The first kappa shape index (κ1) is 26.0. The summed E-state index contributed by atoms with van der Waals surface area (Å²) in [6.45, 7) is 6.90. The van der Waals surface area contributed by atoms with E-state index in [1.54, 1.807) is 0 Å². The maximum atomic E-state index is 11.0. The molecule has 0 aliphatic rings. The van der Waals surface area contributed by atoms with Crippen LogP contribution in [0, 0.1) is 0 Å². The summed E-state index contributed by atoms with van der Waals surface area (Å²) in [4.78, 5) is 32.3. The molecule has 0 spiro atoms. The summed E-state index contributed by atoms with van der Waals surface area (Å²) in [5.41, 5.74) is 7.63. The molecule has 0 bridgehead atoms. The number of aliphatic carboxylic acids is 2. The first-order chi connectivity index (χ1) is 14.3. The van der Waals surface area contributed by atoms with Crippen molar-refractivity contribution in [3.63, 3.8) is 0 Å². The predicted molar refractivity (Wildman–Crippen MR) is 116 cm³/mol. The Kier molecular flexibility index (Phi) is 12.8. The van der Waals surface area contributed by atoms with Gasteiger partial charge in [0.15, 0.2) is 0 Å². The Morgan fingerprint density at radius 2 is 1.63 bits per heavy atom. The van der Waals surface area contributed by atoms with Gasteiger partial charge in [-0.2, -0.15) is 0 Å². The molecule has 9 nitrogen and oxygen atoms in total. The number of nitrogens with zero attached hydrogens (tertiary/aromatic N) is 4. The van der Waals surface area contributed by atoms with E-state index < -0.39 is 11.9 Å². The van der Waals surface area contributed by atoms with E-state index in [2.05, 4.69) is 11.8 Å². The molecule has 0 saturated carbocycles. The molecule has 0 radical (unpaired) electrons. The smallest absolute Gasteiger partial charge is 0.317 e. The summed E-state index contributed by atoms with van der Waals surface area (Å²) in [7, 11) is 1.82. The minimum atomic E-state index is -0.838. The summed E-state index contributed by atoms with van der Waals surface area (Å²) in [5, 5.41) is 17.8. The van der Waals surface area contributed by atoms with E-state index in [1.165, 1.54) is 0 Å². The van der Waals surface area contributed by atoms with Crippen LogP contribution in [0.1, 0.15) is 31.2 Å². The second-order valence-electron chi connectivity index (χ2n) is 7.54. The molecule has 1 heterocycles. The van der Waals surface area contributed by atoms with Crippen LogP contribution in [-0.4, -0.2) is 101 Å². The van der Waals surface area contributed by atoms with Crippen LogP contribution in [-0.2, 0) is 22.6 Å². The van der Waals surface area contributed by atoms with Crippen LogP contribution in [0.3, 0.4) is 0 Å². The number of hydrogen-bond acceptors (Lipinski definition) is 7. The molecule has 30 heavy (non-hydrogen) atoms. The highest BCUT2D eigenvalue weighted by Crippen LogP contribution is 2.08. The zero-order chi connectivity index (χ0) is 22.4. The summed E-state index contributed by atoms with van der Waals surface area (Å²) in [6, 6.07) is 6.06. The van der Waals surface area contributed by atoms with Crippen molar-refractivity contribution in [3.05, 3.63) is 29.6 Å². The lowest BCUT2D eigenvalue weighted by Crippen LogP contribution is -2.40. The average Bonchev–Trinajstić information content (AvgIpc) is 2.68. The van der Waals surface area contributed by atoms with Crippen molar-refractivity contribution in [1.82, 2.24) is 19.7 Å². The van der Waals surface area contributed by atoms with Crippen LogP contribution in [0.2, 0.25) is 0 Å². The van der Waals surface area contributed by atoms with E-state index in [1.807, 2.05) is 35.0 Å². The van der Waals surface area contributed by atoms with Gasteiger partial charge in [0.2, 0.25) is 0 Å². The second-order valence-corrected chi connectivity index (χ2v) is 7.54. The van der Waals surface area contributed by atoms with Gasteiger partial charge in [0, 0.05) is 38.4 Å². The SMILES string of the molecule is CCN(CCN(CCN)CC(=O)O)Cc1cccc(CCCCN(C)CC(=O)O)n1. The predicted octanol–water partition coefficient (Wildman–Crippen LogP) is 0.588. The van der Waals surface area contributed by atoms with Crippen molar-refractivity contribution < 1.29 is 19.8 Å². The minimum Gasteiger partial charge on any atom is -0.480 e. The highest BCUT2D eigenvalue weighted by Gasteiger charge is 2.12. The molecule has 0 amide bonds. The molecule has 4 N–H and O–H groups in total. The minimum absolute atomic E-state index is 0.00411. The third-order valence-corrected chi connectivity index (χ3v) is 4.86. The lowest BCUT2D eigenvalue weighted by atomic mass is 10.1. The molecule has 170 valence electrons. The summed E-state index contributed by atoms with van der Waals surface area (Å²) in [5.74, 6) is -1.64. The maximum Gasteiger partial charge on any atom is 0.317 e. The fourth-order valence-corrected chi connectivity index (χ4v) is 3.26. The lowest BCUT2D eigenvalue weighted by molar-refractivity contribution is -0.139. The van der Waals surface area contributed by atoms with Gasteiger partial charge in [-0.25, -0.2) is 0 Å². The number of carboxylic acids is 2. The number of aryl methyl sites for hydroxylation is 1. The van der Waals surface area contributed by atoms with Gasteiger partial charge in [-0.05, 0) is 51.5 Å². The van der Waals surface area contributed by atoms with Crippen LogP contribution < -0.4 is 5.73 Å². The van der Waals surface area contributed by atoms with Crippen LogP contribution in [0.25, 0.3) is 0 Å². The number of likely N-dealkylation sites (N-methyl/N-ethyl adjacent to an activating group) is 2. The molecule has 0 saturated heterocycles. The van der Waals surface area contributed by atoms with Crippen molar-refractivity contribution in [1.29, 1.82) is 0 Å². The normalized spacial score (nSPS) is 11.5. The average molecular weight is 424 g/mol. The Bertz CT molecular complexity index is 644. The van der Waals surface area contributed by atoms with E-state index >= 15 is 0 Å². The van der Waals surface area contributed by atoms with Gasteiger partial charge < -0.3 is 15.9 Å². The monoisotopic (exact) mass is 423 g/mol. The third kappa shape index (κ3) is 11.8. The lowest BCUT2D eigenvalue weighted by Gasteiger charge is -2.25. The van der Waals surface area contributed by atoms with Crippen molar-refractivity contribution in [3.8, 4) is 0 Å². The fourth-order valence-electron chi connectivity index (χ4n) is 3.26. The number of carbonyl (C=O) groups is 2. The van der Waals surface area contributed by atoms with E-state index in [0.29, 0.717) is 19.6 Å². The first-order valence-corrected chi connectivity index (χ1v) is 10.6. The summed E-state index contributed by atoms with van der Waals surface area (Å²) >= 11 is 0. The molecule has 9 heteroatoms. The molecule has 1 aromatic rings. The van der Waals surface area contributed by atoms with Crippen molar-refractivity contribution in [2.75, 3.05) is 59.4 Å². The number of aromatic nitrogens is 1. The first-order valence-electron chi connectivity index (χ1n) is 10.6. The van der Waals surface area contributed by atoms with Crippen molar-refractivity contribution in [2.45, 2.75) is 32.7 Å². The zero-order valence-electron chi connectivity index (χ0n) is 18.3. The molecule has 0 aliphatic carbocycles. The van der Waals surface area contributed by atoms with Crippen LogP contribution in [0.15, 0.2) is 18.2 Å². The number of rotatable bonds is 17. The molecular weight excluding hydrogens is 386 g/mol. The standard InChI is InChI=1S/C21H37N5O4/c1-3-25(13-14-26(12-10-22)17-21(29)30)15-19-9-6-8-18(23-19)7-4-5-11-24(2)16-20(27)28/h6,8-9H,3-5,7,10-17,22H2,1-2H3,(H,27,28)(H,29,30). The van der Waals surface area contributed by atoms with Gasteiger partial charge in [-0.15, -0.1) is 0 Å². The molecular formula is C21H37N5O4. The molecule has 0 atom stereocenters.